The fraction of sp³-hybridized carbons (Fsp3) is 0.316. The number of nitrogens with one attached hydrogen (secondary N) is 1. The topological polar surface area (TPSA) is 38.3 Å². The monoisotopic (exact) mass is 351 g/mol. The lowest BCUT2D eigenvalue weighted by molar-refractivity contribution is -0.138. The van der Waals surface area contributed by atoms with Gasteiger partial charge in [0.1, 0.15) is 6.61 Å². The highest BCUT2D eigenvalue weighted by molar-refractivity contribution is 5.89. The van der Waals surface area contributed by atoms with Gasteiger partial charge in [-0.1, -0.05) is 36.4 Å². The fourth-order valence-electron chi connectivity index (χ4n) is 2.48. The van der Waals surface area contributed by atoms with Gasteiger partial charge in [0.15, 0.2) is 0 Å². The summed E-state index contributed by atoms with van der Waals surface area (Å²) in [5, 5.41) is 3.07. The van der Waals surface area contributed by atoms with E-state index in [1.54, 1.807) is 43.3 Å². The van der Waals surface area contributed by atoms with Crippen LogP contribution in [0.1, 0.15) is 28.4 Å². The molecule has 6 heteroatoms. The Morgan fingerprint density at radius 3 is 2.40 bits per heavy atom. The van der Waals surface area contributed by atoms with E-state index in [9.17, 15) is 18.0 Å². The first-order valence-electron chi connectivity index (χ1n) is 7.98. The zero-order valence-electron chi connectivity index (χ0n) is 13.8. The lowest BCUT2D eigenvalue weighted by Crippen LogP contribution is -2.32. The summed E-state index contributed by atoms with van der Waals surface area (Å²) in [5.41, 5.74) is 0.102. The van der Waals surface area contributed by atoms with Crippen molar-refractivity contribution in [3.63, 3.8) is 0 Å². The lowest BCUT2D eigenvalue weighted by atomic mass is 10.0. The summed E-state index contributed by atoms with van der Waals surface area (Å²) in [5.74, 6) is -0.419. The largest absolute Gasteiger partial charge is 0.461 e. The van der Waals surface area contributed by atoms with E-state index in [0.717, 1.165) is 6.07 Å². The van der Waals surface area contributed by atoms with Gasteiger partial charge in [-0.3, -0.25) is 0 Å². The van der Waals surface area contributed by atoms with E-state index < -0.39 is 17.7 Å². The minimum absolute atomic E-state index is 0.152. The van der Waals surface area contributed by atoms with Crippen molar-refractivity contribution in [1.29, 1.82) is 0 Å². The number of carbonyl (C=O) groups is 1. The third-order valence-electron chi connectivity index (χ3n) is 3.69. The van der Waals surface area contributed by atoms with Gasteiger partial charge in [0.25, 0.3) is 0 Å². The maximum absolute atomic E-state index is 13.0. The predicted molar refractivity (Wildman–Crippen MR) is 89.3 cm³/mol. The van der Waals surface area contributed by atoms with Crippen molar-refractivity contribution in [2.75, 3.05) is 13.2 Å². The standard InChI is InChI=1S/C19H20F3NO2/c1-14(13-16-9-5-6-10-17(16)19(20,21)22)23-11-12-25-18(24)15-7-3-2-4-8-15/h2-10,14,23H,11-13H2,1H3. The van der Waals surface area contributed by atoms with E-state index in [2.05, 4.69) is 5.32 Å². The summed E-state index contributed by atoms with van der Waals surface area (Å²) in [6.07, 6.45) is -4.12. The number of halogens is 3. The van der Waals surface area contributed by atoms with Gasteiger partial charge in [0.2, 0.25) is 0 Å². The zero-order chi connectivity index (χ0) is 18.3. The van der Waals surface area contributed by atoms with E-state index in [-0.39, 0.29) is 24.6 Å². The number of carbonyl (C=O) groups excluding carboxylic acids is 1. The number of alkyl halides is 3. The normalized spacial score (nSPS) is 12.6. The van der Waals surface area contributed by atoms with Gasteiger partial charge in [-0.25, -0.2) is 4.79 Å². The molecular weight excluding hydrogens is 331 g/mol. The van der Waals surface area contributed by atoms with Crippen LogP contribution in [0.2, 0.25) is 0 Å². The van der Waals surface area contributed by atoms with E-state index in [4.69, 9.17) is 4.74 Å². The van der Waals surface area contributed by atoms with Gasteiger partial charge in [0.05, 0.1) is 11.1 Å². The number of hydrogen-bond acceptors (Lipinski definition) is 3. The Kier molecular flexibility index (Phi) is 6.58. The van der Waals surface area contributed by atoms with Crippen molar-refractivity contribution >= 4 is 5.97 Å². The van der Waals surface area contributed by atoms with Crippen molar-refractivity contribution in [1.82, 2.24) is 5.32 Å². The summed E-state index contributed by atoms with van der Waals surface area (Å²) in [4.78, 5) is 11.8. The average Bonchev–Trinajstić information content (AvgIpc) is 2.59. The van der Waals surface area contributed by atoms with Gasteiger partial charge in [-0.2, -0.15) is 13.2 Å². The Morgan fingerprint density at radius 1 is 1.08 bits per heavy atom. The van der Waals surface area contributed by atoms with Crippen molar-refractivity contribution in [3.05, 3.63) is 71.3 Å². The highest BCUT2D eigenvalue weighted by Crippen LogP contribution is 2.32. The molecule has 0 spiro atoms. The molecule has 0 radical (unpaired) electrons. The molecular formula is C19H20F3NO2. The van der Waals surface area contributed by atoms with E-state index in [1.165, 1.54) is 12.1 Å². The van der Waals surface area contributed by atoms with Crippen molar-refractivity contribution in [3.8, 4) is 0 Å². The predicted octanol–water partition coefficient (Wildman–Crippen LogP) is 4.08. The van der Waals surface area contributed by atoms with Gasteiger partial charge in [-0.15, -0.1) is 0 Å². The SMILES string of the molecule is CC(Cc1ccccc1C(F)(F)F)NCCOC(=O)c1ccccc1. The molecule has 2 rings (SSSR count). The van der Waals surface area contributed by atoms with Crippen molar-refractivity contribution < 1.29 is 22.7 Å². The number of ether oxygens (including phenoxy) is 1. The fourth-order valence-corrected chi connectivity index (χ4v) is 2.48. The molecule has 2 aromatic carbocycles. The van der Waals surface area contributed by atoms with Crippen LogP contribution in [0.4, 0.5) is 13.2 Å². The number of benzene rings is 2. The lowest BCUT2D eigenvalue weighted by Gasteiger charge is -2.17. The van der Waals surface area contributed by atoms with Crippen LogP contribution in [0.5, 0.6) is 0 Å². The summed E-state index contributed by atoms with van der Waals surface area (Å²) >= 11 is 0. The van der Waals surface area contributed by atoms with Crippen LogP contribution in [-0.4, -0.2) is 25.2 Å². The van der Waals surface area contributed by atoms with Crippen LogP contribution in [0.25, 0.3) is 0 Å². The Bertz CT molecular complexity index is 687. The third kappa shape index (κ3) is 5.90. The van der Waals surface area contributed by atoms with Crippen LogP contribution in [0.3, 0.4) is 0 Å². The molecule has 0 aliphatic heterocycles. The maximum atomic E-state index is 13.0. The molecule has 25 heavy (non-hydrogen) atoms. The Balaban J connectivity index is 1.78. The van der Waals surface area contributed by atoms with Crippen LogP contribution >= 0.6 is 0 Å². The van der Waals surface area contributed by atoms with Gasteiger partial charge in [-0.05, 0) is 37.1 Å². The smallest absolute Gasteiger partial charge is 0.416 e. The van der Waals surface area contributed by atoms with Crippen LogP contribution < -0.4 is 5.32 Å². The maximum Gasteiger partial charge on any atom is 0.416 e. The first-order valence-corrected chi connectivity index (χ1v) is 7.98. The molecule has 0 heterocycles. The van der Waals surface area contributed by atoms with Crippen LogP contribution in [0, 0.1) is 0 Å². The first-order chi connectivity index (χ1) is 11.9. The molecule has 3 nitrogen and oxygen atoms in total. The average molecular weight is 351 g/mol. The van der Waals surface area contributed by atoms with Crippen molar-refractivity contribution in [2.24, 2.45) is 0 Å². The van der Waals surface area contributed by atoms with Gasteiger partial charge < -0.3 is 10.1 Å². The minimum Gasteiger partial charge on any atom is -0.461 e. The second-order valence-corrected chi connectivity index (χ2v) is 5.72. The molecule has 0 aliphatic carbocycles. The molecule has 1 N–H and O–H groups in total. The number of esters is 1. The number of hydrogen-bond donors (Lipinski definition) is 1. The summed E-state index contributed by atoms with van der Waals surface area (Å²) in [6.45, 7) is 2.32. The molecule has 1 unspecified atom stereocenters. The Labute approximate surface area is 144 Å². The van der Waals surface area contributed by atoms with Crippen molar-refractivity contribution in [2.45, 2.75) is 25.6 Å². The third-order valence-corrected chi connectivity index (χ3v) is 3.69. The molecule has 0 fully saturated rings. The summed E-state index contributed by atoms with van der Waals surface area (Å²) in [6, 6.07) is 14.0. The van der Waals surface area contributed by atoms with Crippen LogP contribution in [-0.2, 0) is 17.3 Å². The van der Waals surface area contributed by atoms with Crippen LogP contribution in [0.15, 0.2) is 54.6 Å². The molecule has 0 bridgehead atoms. The second-order valence-electron chi connectivity index (χ2n) is 5.72. The second kappa shape index (κ2) is 8.67. The van der Waals surface area contributed by atoms with E-state index >= 15 is 0 Å². The molecule has 0 saturated carbocycles. The van der Waals surface area contributed by atoms with Gasteiger partial charge >= 0.3 is 12.1 Å². The number of rotatable bonds is 7. The molecule has 0 aliphatic rings. The summed E-state index contributed by atoms with van der Waals surface area (Å²) in [7, 11) is 0. The highest BCUT2D eigenvalue weighted by Gasteiger charge is 2.32. The molecule has 2 aromatic rings. The molecule has 0 amide bonds. The minimum atomic E-state index is -4.36. The Hall–Kier alpha value is -2.34. The molecule has 0 aromatic heterocycles. The molecule has 1 atom stereocenters. The zero-order valence-corrected chi connectivity index (χ0v) is 13.8. The molecule has 0 saturated heterocycles. The van der Waals surface area contributed by atoms with Gasteiger partial charge in [0, 0.05) is 12.6 Å². The highest BCUT2D eigenvalue weighted by atomic mass is 19.4. The summed E-state index contributed by atoms with van der Waals surface area (Å²) < 4.78 is 44.1. The quantitative estimate of drug-likeness (QED) is 0.603. The van der Waals surface area contributed by atoms with E-state index in [1.807, 2.05) is 0 Å². The first kappa shape index (κ1) is 19.0. The van der Waals surface area contributed by atoms with E-state index in [0.29, 0.717) is 12.1 Å². The molecule has 134 valence electrons. The Morgan fingerprint density at radius 2 is 1.72 bits per heavy atom.